The normalized spacial score (nSPS) is 21.3. The molecule has 5 nitrogen and oxygen atoms in total. The Morgan fingerprint density at radius 3 is 2.70 bits per heavy atom. The van der Waals surface area contributed by atoms with E-state index in [1.54, 1.807) is 11.1 Å². The van der Waals surface area contributed by atoms with Gasteiger partial charge in [0.2, 0.25) is 0 Å². The van der Waals surface area contributed by atoms with Gasteiger partial charge in [0, 0.05) is 32.0 Å². The molecule has 2 aromatic rings. The van der Waals surface area contributed by atoms with Gasteiger partial charge in [-0.1, -0.05) is 23.7 Å². The molecule has 0 unspecified atom stereocenters. The number of hydrogen-bond donors (Lipinski definition) is 0. The van der Waals surface area contributed by atoms with Crippen molar-refractivity contribution in [2.75, 3.05) is 26.7 Å². The zero-order chi connectivity index (χ0) is 21.1. The van der Waals surface area contributed by atoms with E-state index < -0.39 is 0 Å². The van der Waals surface area contributed by atoms with Crippen LogP contribution in [0.4, 0.5) is 0 Å². The van der Waals surface area contributed by atoms with Crippen molar-refractivity contribution in [3.05, 3.63) is 58.4 Å². The summed E-state index contributed by atoms with van der Waals surface area (Å²) in [5, 5.41) is 0.743. The SMILES string of the molecule is Cc1ccc(C(=O)N(C)CC2CC(Oc3cccc(CN4CCCC4)c3Cl)C2)cn1. The van der Waals surface area contributed by atoms with Gasteiger partial charge in [-0.15, -0.1) is 0 Å². The monoisotopic (exact) mass is 427 g/mol. The maximum atomic E-state index is 12.6. The minimum absolute atomic E-state index is 0.0181. The molecular weight excluding hydrogens is 398 g/mol. The Kier molecular flexibility index (Phi) is 6.59. The minimum atomic E-state index is 0.0181. The highest BCUT2D eigenvalue weighted by atomic mass is 35.5. The molecule has 30 heavy (non-hydrogen) atoms. The van der Waals surface area contributed by atoms with Crippen LogP contribution in [0, 0.1) is 12.8 Å². The van der Waals surface area contributed by atoms with E-state index in [2.05, 4.69) is 16.0 Å². The zero-order valence-corrected chi connectivity index (χ0v) is 18.6. The van der Waals surface area contributed by atoms with E-state index in [1.807, 2.05) is 38.2 Å². The minimum Gasteiger partial charge on any atom is -0.489 e. The van der Waals surface area contributed by atoms with Crippen LogP contribution in [-0.4, -0.2) is 53.5 Å². The van der Waals surface area contributed by atoms with Gasteiger partial charge in [-0.05, 0) is 75.4 Å². The maximum absolute atomic E-state index is 12.6. The summed E-state index contributed by atoms with van der Waals surface area (Å²) in [6, 6.07) is 9.80. The van der Waals surface area contributed by atoms with Crippen LogP contribution < -0.4 is 4.74 Å². The van der Waals surface area contributed by atoms with Gasteiger partial charge < -0.3 is 9.64 Å². The molecule has 1 aliphatic carbocycles. The van der Waals surface area contributed by atoms with Gasteiger partial charge in [0.25, 0.3) is 5.91 Å². The summed E-state index contributed by atoms with van der Waals surface area (Å²) < 4.78 is 6.19. The fraction of sp³-hybridized carbons (Fsp3) is 0.500. The Bertz CT molecular complexity index is 875. The van der Waals surface area contributed by atoms with Crippen LogP contribution in [-0.2, 0) is 6.54 Å². The molecule has 1 saturated carbocycles. The summed E-state index contributed by atoms with van der Waals surface area (Å²) in [5.74, 6) is 1.26. The molecule has 0 N–H and O–H groups in total. The maximum Gasteiger partial charge on any atom is 0.255 e. The van der Waals surface area contributed by atoms with Gasteiger partial charge in [0.05, 0.1) is 16.7 Å². The van der Waals surface area contributed by atoms with Crippen molar-refractivity contribution in [3.63, 3.8) is 0 Å². The lowest BCUT2D eigenvalue weighted by molar-refractivity contribution is 0.0419. The molecule has 1 aromatic heterocycles. The van der Waals surface area contributed by atoms with Crippen molar-refractivity contribution < 1.29 is 9.53 Å². The number of rotatable bonds is 7. The second-order valence-corrected chi connectivity index (χ2v) is 9.04. The first kappa shape index (κ1) is 21.1. The number of carbonyl (C=O) groups is 1. The van der Waals surface area contributed by atoms with E-state index >= 15 is 0 Å². The molecule has 1 saturated heterocycles. The third-order valence-corrected chi connectivity index (χ3v) is 6.59. The Hall–Kier alpha value is -2.11. The number of amides is 1. The molecule has 2 heterocycles. The third kappa shape index (κ3) is 4.96. The second kappa shape index (κ2) is 9.36. The van der Waals surface area contributed by atoms with Gasteiger partial charge in [-0.3, -0.25) is 14.7 Å². The molecule has 0 bridgehead atoms. The Labute approximate surface area is 184 Å². The summed E-state index contributed by atoms with van der Waals surface area (Å²) in [4.78, 5) is 21.0. The standard InChI is InChI=1S/C24H30ClN3O2/c1-17-8-9-19(14-26-17)24(29)27(2)15-18-12-21(13-18)30-22-7-5-6-20(23(22)25)16-28-10-3-4-11-28/h5-9,14,18,21H,3-4,10-13,15-16H2,1-2H3. The molecule has 0 radical (unpaired) electrons. The molecule has 1 aromatic carbocycles. The Morgan fingerprint density at radius 2 is 2.00 bits per heavy atom. The number of ether oxygens (including phenoxy) is 1. The Morgan fingerprint density at radius 1 is 1.23 bits per heavy atom. The molecule has 0 spiro atoms. The number of aryl methyl sites for hydroxylation is 1. The van der Waals surface area contributed by atoms with Gasteiger partial charge in [-0.2, -0.15) is 0 Å². The lowest BCUT2D eigenvalue weighted by atomic mass is 9.82. The van der Waals surface area contributed by atoms with Crippen LogP contribution in [0.5, 0.6) is 5.75 Å². The van der Waals surface area contributed by atoms with Crippen LogP contribution >= 0.6 is 11.6 Å². The molecule has 4 rings (SSSR count). The number of aromatic nitrogens is 1. The van der Waals surface area contributed by atoms with E-state index in [4.69, 9.17) is 16.3 Å². The fourth-order valence-electron chi connectivity index (χ4n) is 4.34. The van der Waals surface area contributed by atoms with Gasteiger partial charge in [0.1, 0.15) is 5.75 Å². The molecule has 160 valence electrons. The molecule has 1 aliphatic heterocycles. The summed E-state index contributed by atoms with van der Waals surface area (Å²) in [6.07, 6.45) is 6.24. The van der Waals surface area contributed by atoms with Crippen molar-refractivity contribution >= 4 is 17.5 Å². The highest BCUT2D eigenvalue weighted by Gasteiger charge is 2.33. The molecule has 2 fully saturated rings. The van der Waals surface area contributed by atoms with E-state index in [-0.39, 0.29) is 12.0 Å². The number of likely N-dealkylation sites (tertiary alicyclic amines) is 1. The predicted octanol–water partition coefficient (Wildman–Crippen LogP) is 4.57. The number of pyridine rings is 1. The predicted molar refractivity (Wildman–Crippen MR) is 119 cm³/mol. The zero-order valence-electron chi connectivity index (χ0n) is 17.8. The van der Waals surface area contributed by atoms with Crippen molar-refractivity contribution in [3.8, 4) is 5.75 Å². The molecular formula is C24H30ClN3O2. The quantitative estimate of drug-likeness (QED) is 0.649. The largest absolute Gasteiger partial charge is 0.489 e. The van der Waals surface area contributed by atoms with Gasteiger partial charge in [0.15, 0.2) is 0 Å². The van der Waals surface area contributed by atoms with Gasteiger partial charge in [-0.25, -0.2) is 0 Å². The molecule has 2 aliphatic rings. The van der Waals surface area contributed by atoms with Crippen molar-refractivity contribution in [2.24, 2.45) is 5.92 Å². The molecule has 6 heteroatoms. The topological polar surface area (TPSA) is 45.7 Å². The number of benzene rings is 1. The highest BCUT2D eigenvalue weighted by molar-refractivity contribution is 6.32. The molecule has 0 atom stereocenters. The van der Waals surface area contributed by atoms with E-state index in [0.29, 0.717) is 11.5 Å². The number of nitrogens with zero attached hydrogens (tertiary/aromatic N) is 3. The van der Waals surface area contributed by atoms with E-state index in [9.17, 15) is 4.79 Å². The van der Waals surface area contributed by atoms with Gasteiger partial charge >= 0.3 is 0 Å². The molecule has 1 amide bonds. The Balaban J connectivity index is 1.26. The first-order valence-corrected chi connectivity index (χ1v) is 11.2. The van der Waals surface area contributed by atoms with Crippen molar-refractivity contribution in [1.82, 2.24) is 14.8 Å². The van der Waals surface area contributed by atoms with Crippen LogP contribution in [0.2, 0.25) is 5.02 Å². The summed E-state index contributed by atoms with van der Waals surface area (Å²) in [7, 11) is 1.86. The van der Waals surface area contributed by atoms with Crippen molar-refractivity contribution in [2.45, 2.75) is 45.3 Å². The lowest BCUT2D eigenvalue weighted by Gasteiger charge is -2.37. The van der Waals surface area contributed by atoms with E-state index in [1.165, 1.54) is 12.8 Å². The van der Waals surface area contributed by atoms with E-state index in [0.717, 1.165) is 61.1 Å². The van der Waals surface area contributed by atoms with Crippen LogP contribution in [0.15, 0.2) is 36.5 Å². The van der Waals surface area contributed by atoms with Crippen LogP contribution in [0.1, 0.15) is 47.3 Å². The lowest BCUT2D eigenvalue weighted by Crippen LogP contribution is -2.42. The fourth-order valence-corrected chi connectivity index (χ4v) is 4.57. The number of hydrogen-bond acceptors (Lipinski definition) is 4. The third-order valence-electron chi connectivity index (χ3n) is 6.16. The number of halogens is 1. The summed E-state index contributed by atoms with van der Waals surface area (Å²) in [5.41, 5.74) is 2.69. The highest BCUT2D eigenvalue weighted by Crippen LogP contribution is 2.36. The second-order valence-electron chi connectivity index (χ2n) is 8.66. The van der Waals surface area contributed by atoms with Crippen LogP contribution in [0.3, 0.4) is 0 Å². The smallest absolute Gasteiger partial charge is 0.255 e. The average molecular weight is 428 g/mol. The summed E-state index contributed by atoms with van der Waals surface area (Å²) >= 11 is 6.64. The van der Waals surface area contributed by atoms with Crippen LogP contribution in [0.25, 0.3) is 0 Å². The summed E-state index contributed by atoms with van der Waals surface area (Å²) in [6.45, 7) is 5.84. The first-order valence-electron chi connectivity index (χ1n) is 10.8. The van der Waals surface area contributed by atoms with Crippen molar-refractivity contribution in [1.29, 1.82) is 0 Å². The average Bonchev–Trinajstić information content (AvgIpc) is 3.22. The first-order chi connectivity index (χ1) is 14.5. The number of carbonyl (C=O) groups excluding carboxylic acids is 1.